The van der Waals surface area contributed by atoms with Gasteiger partial charge in [0.05, 0.1) is 12.0 Å². The van der Waals surface area contributed by atoms with E-state index in [0.29, 0.717) is 11.3 Å². The molecule has 0 bridgehead atoms. The molecule has 1 heterocycles. The van der Waals surface area contributed by atoms with Crippen LogP contribution in [0.15, 0.2) is 68.9 Å². The summed E-state index contributed by atoms with van der Waals surface area (Å²) in [5.74, 6) is 1.05. The standard InChI is InChI=1S/C19H20N2O4S/c1-13(2)20-18-19(26(22,23)16-7-5-4-6-8-16)21-17(25-18)14-9-11-15(24-3)12-10-14/h4-13,20H,1-3H3. The summed E-state index contributed by atoms with van der Waals surface area (Å²) in [5.41, 5.74) is 0.659. The lowest BCUT2D eigenvalue weighted by atomic mass is 10.2. The molecule has 0 fully saturated rings. The molecule has 0 atom stereocenters. The number of methoxy groups -OCH3 is 1. The van der Waals surface area contributed by atoms with E-state index in [-0.39, 0.29) is 27.7 Å². The molecule has 0 unspecified atom stereocenters. The van der Waals surface area contributed by atoms with Crippen molar-refractivity contribution in [1.29, 1.82) is 0 Å². The number of nitrogens with one attached hydrogen (secondary N) is 1. The van der Waals surface area contributed by atoms with Crippen LogP contribution in [-0.2, 0) is 9.84 Å². The highest BCUT2D eigenvalue weighted by molar-refractivity contribution is 7.91. The molecular formula is C19H20N2O4S. The number of rotatable bonds is 6. The summed E-state index contributed by atoms with van der Waals surface area (Å²) in [6, 6.07) is 15.2. The Morgan fingerprint density at radius 1 is 1.04 bits per heavy atom. The van der Waals surface area contributed by atoms with Gasteiger partial charge in [-0.1, -0.05) is 18.2 Å². The van der Waals surface area contributed by atoms with Crippen molar-refractivity contribution in [2.45, 2.75) is 29.8 Å². The fraction of sp³-hybridized carbons (Fsp3) is 0.211. The van der Waals surface area contributed by atoms with Crippen LogP contribution in [-0.4, -0.2) is 26.6 Å². The fourth-order valence-corrected chi connectivity index (χ4v) is 3.70. The third-order valence-corrected chi connectivity index (χ3v) is 5.34. The number of anilines is 1. The fourth-order valence-electron chi connectivity index (χ4n) is 2.41. The highest BCUT2D eigenvalue weighted by Crippen LogP contribution is 2.33. The minimum absolute atomic E-state index is 0.0172. The van der Waals surface area contributed by atoms with Crippen LogP contribution in [0, 0.1) is 0 Å². The zero-order valence-electron chi connectivity index (χ0n) is 14.8. The maximum atomic E-state index is 13.0. The topological polar surface area (TPSA) is 81.4 Å². The molecular weight excluding hydrogens is 352 g/mol. The van der Waals surface area contributed by atoms with Gasteiger partial charge in [0, 0.05) is 11.6 Å². The SMILES string of the molecule is COc1ccc(-c2nc(S(=O)(=O)c3ccccc3)c(NC(C)C)o2)cc1. The minimum Gasteiger partial charge on any atom is -0.497 e. The number of hydrogen-bond donors (Lipinski definition) is 1. The Labute approximate surface area is 152 Å². The lowest BCUT2D eigenvalue weighted by Gasteiger charge is -2.08. The lowest BCUT2D eigenvalue weighted by Crippen LogP contribution is -2.13. The number of benzene rings is 2. The highest BCUT2D eigenvalue weighted by atomic mass is 32.2. The van der Waals surface area contributed by atoms with Crippen LogP contribution in [0.25, 0.3) is 11.5 Å². The molecule has 0 amide bonds. The summed E-state index contributed by atoms with van der Waals surface area (Å²) < 4.78 is 36.9. The van der Waals surface area contributed by atoms with Crippen molar-refractivity contribution in [3.05, 3.63) is 54.6 Å². The van der Waals surface area contributed by atoms with Crippen LogP contribution >= 0.6 is 0 Å². The predicted molar refractivity (Wildman–Crippen MR) is 99.1 cm³/mol. The first kappa shape index (κ1) is 18.0. The normalized spacial score (nSPS) is 11.5. The number of hydrogen-bond acceptors (Lipinski definition) is 6. The van der Waals surface area contributed by atoms with Crippen molar-refractivity contribution in [1.82, 2.24) is 4.98 Å². The van der Waals surface area contributed by atoms with Crippen LogP contribution in [0.1, 0.15) is 13.8 Å². The zero-order chi connectivity index (χ0) is 18.7. The van der Waals surface area contributed by atoms with E-state index in [1.807, 2.05) is 13.8 Å². The summed E-state index contributed by atoms with van der Waals surface area (Å²) in [6.07, 6.45) is 0. The largest absolute Gasteiger partial charge is 0.497 e. The van der Waals surface area contributed by atoms with Gasteiger partial charge in [-0.15, -0.1) is 0 Å². The summed E-state index contributed by atoms with van der Waals surface area (Å²) >= 11 is 0. The van der Waals surface area contributed by atoms with Crippen molar-refractivity contribution in [2.24, 2.45) is 0 Å². The third-order valence-electron chi connectivity index (χ3n) is 3.66. The van der Waals surface area contributed by atoms with Gasteiger partial charge in [-0.3, -0.25) is 0 Å². The van der Waals surface area contributed by atoms with Gasteiger partial charge in [-0.05, 0) is 50.2 Å². The van der Waals surface area contributed by atoms with Crippen molar-refractivity contribution in [2.75, 3.05) is 12.4 Å². The number of ether oxygens (including phenoxy) is 1. The number of sulfone groups is 1. The molecule has 0 aliphatic heterocycles. The van der Waals surface area contributed by atoms with E-state index in [1.165, 1.54) is 12.1 Å². The second-order valence-corrected chi connectivity index (χ2v) is 7.86. The molecule has 136 valence electrons. The molecule has 26 heavy (non-hydrogen) atoms. The van der Waals surface area contributed by atoms with Gasteiger partial charge in [-0.25, -0.2) is 8.42 Å². The van der Waals surface area contributed by atoms with Crippen LogP contribution in [0.3, 0.4) is 0 Å². The molecule has 0 aliphatic carbocycles. The number of aromatic nitrogens is 1. The first-order chi connectivity index (χ1) is 12.4. The van der Waals surface area contributed by atoms with E-state index in [0.717, 1.165) is 0 Å². The van der Waals surface area contributed by atoms with E-state index in [1.54, 1.807) is 49.6 Å². The van der Waals surface area contributed by atoms with Gasteiger partial charge < -0.3 is 14.5 Å². The van der Waals surface area contributed by atoms with Crippen LogP contribution < -0.4 is 10.1 Å². The Morgan fingerprint density at radius 2 is 1.69 bits per heavy atom. The van der Waals surface area contributed by atoms with E-state index < -0.39 is 9.84 Å². The zero-order valence-corrected chi connectivity index (χ0v) is 15.6. The smallest absolute Gasteiger partial charge is 0.234 e. The Kier molecular flexibility index (Phi) is 4.99. The van der Waals surface area contributed by atoms with Crippen molar-refractivity contribution in [3.8, 4) is 17.2 Å². The molecule has 0 saturated carbocycles. The van der Waals surface area contributed by atoms with Gasteiger partial charge in [0.15, 0.2) is 0 Å². The molecule has 0 aliphatic rings. The molecule has 1 aromatic heterocycles. The van der Waals surface area contributed by atoms with Crippen LogP contribution in [0.2, 0.25) is 0 Å². The predicted octanol–water partition coefficient (Wildman–Crippen LogP) is 4.00. The molecule has 3 rings (SSSR count). The summed E-state index contributed by atoms with van der Waals surface area (Å²) in [5, 5.41) is 2.91. The molecule has 6 nitrogen and oxygen atoms in total. The maximum absolute atomic E-state index is 13.0. The molecule has 2 aromatic carbocycles. The second kappa shape index (κ2) is 7.21. The summed E-state index contributed by atoms with van der Waals surface area (Å²) in [7, 11) is -2.23. The van der Waals surface area contributed by atoms with E-state index in [2.05, 4.69) is 10.3 Å². The van der Waals surface area contributed by atoms with E-state index in [9.17, 15) is 8.42 Å². The molecule has 7 heteroatoms. The second-order valence-electron chi connectivity index (χ2n) is 6.00. The Bertz CT molecular complexity index is 978. The maximum Gasteiger partial charge on any atom is 0.234 e. The first-order valence-corrected chi connectivity index (χ1v) is 9.62. The van der Waals surface area contributed by atoms with Gasteiger partial charge >= 0.3 is 0 Å². The number of nitrogens with zero attached hydrogens (tertiary/aromatic N) is 1. The van der Waals surface area contributed by atoms with E-state index in [4.69, 9.17) is 9.15 Å². The van der Waals surface area contributed by atoms with Gasteiger partial charge in [0.25, 0.3) is 0 Å². The highest BCUT2D eigenvalue weighted by Gasteiger charge is 2.28. The van der Waals surface area contributed by atoms with Crippen molar-refractivity contribution >= 4 is 15.7 Å². The molecule has 0 radical (unpaired) electrons. The number of oxazole rings is 1. The van der Waals surface area contributed by atoms with Gasteiger partial charge in [0.1, 0.15) is 5.75 Å². The average Bonchev–Trinajstić information content (AvgIpc) is 3.06. The quantitative estimate of drug-likeness (QED) is 0.704. The molecule has 3 aromatic rings. The van der Waals surface area contributed by atoms with Crippen LogP contribution in [0.5, 0.6) is 5.75 Å². The molecule has 0 spiro atoms. The molecule has 1 N–H and O–H groups in total. The van der Waals surface area contributed by atoms with Crippen molar-refractivity contribution < 1.29 is 17.6 Å². The summed E-state index contributed by atoms with van der Waals surface area (Å²) in [6.45, 7) is 3.79. The first-order valence-electron chi connectivity index (χ1n) is 8.13. The Hall–Kier alpha value is -2.80. The molecule has 0 saturated heterocycles. The third kappa shape index (κ3) is 3.57. The van der Waals surface area contributed by atoms with E-state index >= 15 is 0 Å². The summed E-state index contributed by atoms with van der Waals surface area (Å²) in [4.78, 5) is 4.45. The minimum atomic E-state index is -3.81. The van der Waals surface area contributed by atoms with Crippen LogP contribution in [0.4, 0.5) is 5.88 Å². The van der Waals surface area contributed by atoms with Gasteiger partial charge in [-0.2, -0.15) is 4.98 Å². The lowest BCUT2D eigenvalue weighted by molar-refractivity contribution is 0.415. The Morgan fingerprint density at radius 3 is 2.27 bits per heavy atom. The average molecular weight is 372 g/mol. The monoisotopic (exact) mass is 372 g/mol. The Balaban J connectivity index is 2.10. The van der Waals surface area contributed by atoms with Crippen molar-refractivity contribution in [3.63, 3.8) is 0 Å². The van der Waals surface area contributed by atoms with Gasteiger partial charge in [0.2, 0.25) is 26.6 Å².